The van der Waals surface area contributed by atoms with E-state index < -0.39 is 17.5 Å². The van der Waals surface area contributed by atoms with Crippen LogP contribution < -0.4 is 5.73 Å². The number of hydrogen-bond acceptors (Lipinski definition) is 4. The minimum atomic E-state index is -1.55. The third-order valence-electron chi connectivity index (χ3n) is 2.15. The maximum atomic E-state index is 13.5. The van der Waals surface area contributed by atoms with Gasteiger partial charge in [0.05, 0.1) is 12.1 Å². The van der Waals surface area contributed by atoms with Crippen LogP contribution in [-0.4, -0.2) is 26.8 Å². The van der Waals surface area contributed by atoms with Gasteiger partial charge in [-0.2, -0.15) is 0 Å². The second-order valence-electron chi connectivity index (χ2n) is 3.24. The number of rotatable bonds is 3. The van der Waals surface area contributed by atoms with E-state index in [4.69, 9.17) is 5.73 Å². The molecule has 2 rings (SSSR count). The Morgan fingerprint density at radius 1 is 1.18 bits per heavy atom. The van der Waals surface area contributed by atoms with Crippen LogP contribution in [0.3, 0.4) is 0 Å². The van der Waals surface area contributed by atoms with Crippen molar-refractivity contribution in [2.24, 2.45) is 5.73 Å². The average Bonchev–Trinajstić information content (AvgIpc) is 2.75. The molecule has 17 heavy (non-hydrogen) atoms. The van der Waals surface area contributed by atoms with Crippen molar-refractivity contribution in [1.29, 1.82) is 0 Å². The van der Waals surface area contributed by atoms with E-state index in [1.54, 1.807) is 0 Å². The van der Waals surface area contributed by atoms with Crippen molar-refractivity contribution >= 4 is 0 Å². The molecule has 0 saturated carbocycles. The molecule has 2 aromatic rings. The normalized spacial score (nSPS) is 10.8. The SMILES string of the molecule is NCCn1nnnc1-c1ccc(F)c(F)c1F. The molecule has 0 bridgehead atoms. The second-order valence-corrected chi connectivity index (χ2v) is 3.24. The molecular formula is C9H8F3N5. The van der Waals surface area contributed by atoms with Gasteiger partial charge in [0.25, 0.3) is 0 Å². The summed E-state index contributed by atoms with van der Waals surface area (Å²) in [5, 5.41) is 10.5. The van der Waals surface area contributed by atoms with Gasteiger partial charge in [0, 0.05) is 6.54 Å². The van der Waals surface area contributed by atoms with E-state index in [1.165, 1.54) is 4.68 Å². The molecule has 0 atom stereocenters. The number of nitrogens with two attached hydrogens (primary N) is 1. The summed E-state index contributed by atoms with van der Waals surface area (Å²) in [4.78, 5) is 0. The monoisotopic (exact) mass is 243 g/mol. The number of tetrazole rings is 1. The summed E-state index contributed by atoms with van der Waals surface area (Å²) in [6, 6.07) is 1.89. The van der Waals surface area contributed by atoms with E-state index in [0.29, 0.717) is 0 Å². The Balaban J connectivity index is 2.53. The standard InChI is InChI=1S/C9H8F3N5/c10-6-2-1-5(7(11)8(6)12)9-14-15-16-17(9)4-3-13/h1-2H,3-4,13H2. The Labute approximate surface area is 94.0 Å². The van der Waals surface area contributed by atoms with Crippen LogP contribution in [0, 0.1) is 17.5 Å². The summed E-state index contributed by atoms with van der Waals surface area (Å²) in [5.41, 5.74) is 5.11. The summed E-state index contributed by atoms with van der Waals surface area (Å²) in [7, 11) is 0. The lowest BCUT2D eigenvalue weighted by Crippen LogP contribution is -2.13. The molecule has 0 spiro atoms. The van der Waals surface area contributed by atoms with Crippen molar-refractivity contribution in [2.45, 2.75) is 6.54 Å². The Morgan fingerprint density at radius 3 is 2.65 bits per heavy atom. The van der Waals surface area contributed by atoms with Gasteiger partial charge >= 0.3 is 0 Å². The molecule has 0 aliphatic rings. The van der Waals surface area contributed by atoms with Gasteiger partial charge in [0.2, 0.25) is 0 Å². The molecule has 1 aromatic heterocycles. The minimum Gasteiger partial charge on any atom is -0.329 e. The molecule has 0 amide bonds. The van der Waals surface area contributed by atoms with Gasteiger partial charge in [-0.3, -0.25) is 0 Å². The molecule has 0 radical (unpaired) electrons. The molecule has 2 N–H and O–H groups in total. The first-order chi connectivity index (χ1) is 8.15. The molecule has 1 heterocycles. The number of aromatic nitrogens is 4. The van der Waals surface area contributed by atoms with Gasteiger partial charge in [-0.15, -0.1) is 5.10 Å². The molecule has 0 aliphatic heterocycles. The van der Waals surface area contributed by atoms with Gasteiger partial charge < -0.3 is 5.73 Å². The predicted molar refractivity (Wildman–Crippen MR) is 52.2 cm³/mol. The van der Waals surface area contributed by atoms with Crippen molar-refractivity contribution < 1.29 is 13.2 Å². The molecule has 0 fully saturated rings. The first-order valence-corrected chi connectivity index (χ1v) is 4.75. The average molecular weight is 243 g/mol. The summed E-state index contributed by atoms with van der Waals surface area (Å²) in [6.45, 7) is 0.490. The van der Waals surface area contributed by atoms with E-state index in [2.05, 4.69) is 15.5 Å². The van der Waals surface area contributed by atoms with Gasteiger partial charge in [0.15, 0.2) is 23.3 Å². The van der Waals surface area contributed by atoms with E-state index in [9.17, 15) is 13.2 Å². The predicted octanol–water partition coefficient (Wildman–Crippen LogP) is 0.716. The van der Waals surface area contributed by atoms with Crippen molar-refractivity contribution in [3.8, 4) is 11.4 Å². The highest BCUT2D eigenvalue weighted by atomic mass is 19.2. The van der Waals surface area contributed by atoms with Crippen molar-refractivity contribution in [3.63, 3.8) is 0 Å². The zero-order valence-electron chi connectivity index (χ0n) is 8.57. The van der Waals surface area contributed by atoms with E-state index in [1.807, 2.05) is 0 Å². The molecule has 0 unspecified atom stereocenters. The van der Waals surface area contributed by atoms with Crippen molar-refractivity contribution in [2.75, 3.05) is 6.54 Å². The molecule has 0 aliphatic carbocycles. The minimum absolute atomic E-state index is 0.00634. The quantitative estimate of drug-likeness (QED) is 0.806. The third-order valence-corrected chi connectivity index (χ3v) is 2.15. The van der Waals surface area contributed by atoms with Crippen LogP contribution in [0.1, 0.15) is 0 Å². The Kier molecular flexibility index (Phi) is 3.05. The number of nitrogens with zero attached hydrogens (tertiary/aromatic N) is 4. The molecular weight excluding hydrogens is 235 g/mol. The zero-order chi connectivity index (χ0) is 12.4. The fraction of sp³-hybridized carbons (Fsp3) is 0.222. The van der Waals surface area contributed by atoms with E-state index in [0.717, 1.165) is 12.1 Å². The van der Waals surface area contributed by atoms with Crippen molar-refractivity contribution in [3.05, 3.63) is 29.6 Å². The summed E-state index contributed by atoms with van der Waals surface area (Å²) >= 11 is 0. The molecule has 1 aromatic carbocycles. The van der Waals surface area contributed by atoms with Crippen LogP contribution in [0.4, 0.5) is 13.2 Å². The van der Waals surface area contributed by atoms with Gasteiger partial charge in [-0.1, -0.05) is 0 Å². The maximum Gasteiger partial charge on any atom is 0.195 e. The fourth-order valence-electron chi connectivity index (χ4n) is 1.37. The van der Waals surface area contributed by atoms with Crippen LogP contribution in [-0.2, 0) is 6.54 Å². The van der Waals surface area contributed by atoms with Crippen LogP contribution in [0.25, 0.3) is 11.4 Å². The molecule has 0 saturated heterocycles. The molecule has 90 valence electrons. The smallest absolute Gasteiger partial charge is 0.195 e. The molecule has 5 nitrogen and oxygen atoms in total. The summed E-state index contributed by atoms with van der Waals surface area (Å²) < 4.78 is 40.5. The highest BCUT2D eigenvalue weighted by Crippen LogP contribution is 2.23. The number of halogens is 3. The van der Waals surface area contributed by atoms with E-state index >= 15 is 0 Å². The summed E-state index contributed by atoms with van der Waals surface area (Å²) in [6.07, 6.45) is 0. The number of hydrogen-bond donors (Lipinski definition) is 1. The van der Waals surface area contributed by atoms with Crippen LogP contribution >= 0.6 is 0 Å². The topological polar surface area (TPSA) is 69.6 Å². The Morgan fingerprint density at radius 2 is 1.94 bits per heavy atom. The first kappa shape index (κ1) is 11.5. The number of benzene rings is 1. The van der Waals surface area contributed by atoms with Gasteiger partial charge in [0.1, 0.15) is 0 Å². The largest absolute Gasteiger partial charge is 0.329 e. The lowest BCUT2D eigenvalue weighted by Gasteiger charge is -2.04. The van der Waals surface area contributed by atoms with Crippen molar-refractivity contribution in [1.82, 2.24) is 20.2 Å². The van der Waals surface area contributed by atoms with Crippen LogP contribution in [0.15, 0.2) is 12.1 Å². The van der Waals surface area contributed by atoms with Crippen LogP contribution in [0.2, 0.25) is 0 Å². The Hall–Kier alpha value is -1.96. The Bertz CT molecular complexity index is 539. The molecule has 8 heteroatoms. The second kappa shape index (κ2) is 4.50. The van der Waals surface area contributed by atoms with Gasteiger partial charge in [-0.25, -0.2) is 17.9 Å². The highest BCUT2D eigenvalue weighted by molar-refractivity contribution is 5.55. The zero-order valence-corrected chi connectivity index (χ0v) is 8.57. The van der Waals surface area contributed by atoms with Crippen LogP contribution in [0.5, 0.6) is 0 Å². The lowest BCUT2D eigenvalue weighted by molar-refractivity contribution is 0.448. The lowest BCUT2D eigenvalue weighted by atomic mass is 10.2. The fourth-order valence-corrected chi connectivity index (χ4v) is 1.37. The third kappa shape index (κ3) is 1.98. The maximum absolute atomic E-state index is 13.5. The summed E-state index contributed by atoms with van der Waals surface area (Å²) in [5.74, 6) is -4.13. The van der Waals surface area contributed by atoms with Gasteiger partial charge in [-0.05, 0) is 22.6 Å². The van der Waals surface area contributed by atoms with E-state index in [-0.39, 0.29) is 24.5 Å². The highest BCUT2D eigenvalue weighted by Gasteiger charge is 2.19. The first-order valence-electron chi connectivity index (χ1n) is 4.75.